The largest absolute Gasteiger partial charge is 0.369 e. The minimum absolute atomic E-state index is 0.241. The number of pyridine rings is 1. The van der Waals surface area contributed by atoms with Crippen LogP contribution in [0.25, 0.3) is 21.8 Å². The summed E-state index contributed by atoms with van der Waals surface area (Å²) in [6.07, 6.45) is 1.76. The van der Waals surface area contributed by atoms with E-state index in [2.05, 4.69) is 69.0 Å². The molecule has 0 amide bonds. The number of nitrogens with zero attached hydrogens (tertiary/aromatic N) is 6. The molecule has 2 aromatic carbocycles. The lowest BCUT2D eigenvalue weighted by atomic mass is 10.0. The maximum Gasteiger partial charge on any atom is 0.101 e. The molecule has 7 nitrogen and oxygen atoms in total. The molecule has 6 rings (SSSR count). The van der Waals surface area contributed by atoms with Crippen molar-refractivity contribution in [1.82, 2.24) is 20.1 Å². The molecule has 2 aliphatic heterocycles. The molecular weight excluding hydrogens is 410 g/mol. The summed E-state index contributed by atoms with van der Waals surface area (Å²) in [6.45, 7) is 10.2. The Labute approximate surface area is 193 Å². The summed E-state index contributed by atoms with van der Waals surface area (Å²) < 4.78 is 2.22. The van der Waals surface area contributed by atoms with Gasteiger partial charge in [0, 0.05) is 66.6 Å². The smallest absolute Gasteiger partial charge is 0.101 e. The summed E-state index contributed by atoms with van der Waals surface area (Å²) in [5.41, 5.74) is 7.44. The highest BCUT2D eigenvalue weighted by molar-refractivity contribution is 5.96. The number of benzene rings is 2. The fourth-order valence-electron chi connectivity index (χ4n) is 5.46. The Morgan fingerprint density at radius 2 is 1.82 bits per heavy atom. The number of rotatable bonds is 2. The number of hydrogen-bond donors (Lipinski definition) is 1. The van der Waals surface area contributed by atoms with Gasteiger partial charge in [0.2, 0.25) is 0 Å². The van der Waals surface area contributed by atoms with Gasteiger partial charge in [-0.3, -0.25) is 9.67 Å². The van der Waals surface area contributed by atoms with Crippen molar-refractivity contribution in [3.8, 4) is 6.07 Å². The number of aryl methyl sites for hydroxylation is 1. The van der Waals surface area contributed by atoms with Crippen molar-refractivity contribution >= 4 is 33.2 Å². The Balaban J connectivity index is 1.43. The molecule has 0 aliphatic carbocycles. The molecule has 1 atom stereocenters. The van der Waals surface area contributed by atoms with Crippen LogP contribution in [0.1, 0.15) is 29.8 Å². The Kier molecular flexibility index (Phi) is 4.70. The van der Waals surface area contributed by atoms with E-state index >= 15 is 0 Å². The van der Waals surface area contributed by atoms with Gasteiger partial charge in [-0.05, 0) is 50.2 Å². The van der Waals surface area contributed by atoms with Crippen LogP contribution in [0.4, 0.5) is 11.4 Å². The molecule has 0 saturated carbocycles. The van der Waals surface area contributed by atoms with E-state index < -0.39 is 0 Å². The topological polar surface area (TPSA) is 73.0 Å². The first-order valence-electron chi connectivity index (χ1n) is 11.6. The molecular formula is C26H27N7. The SMILES string of the molecule is Cc1c(N2CCNCC2)ccc2c3n(nc12)[C@H](C)CN(c1ccc(C#N)c2ncccc12)C3. The van der Waals surface area contributed by atoms with E-state index in [1.54, 1.807) is 6.20 Å². The molecule has 4 heterocycles. The number of hydrogen-bond acceptors (Lipinski definition) is 6. The average Bonchev–Trinajstić information content (AvgIpc) is 3.24. The lowest BCUT2D eigenvalue weighted by Gasteiger charge is -2.34. The minimum atomic E-state index is 0.241. The van der Waals surface area contributed by atoms with Crippen LogP contribution >= 0.6 is 0 Å². The fourth-order valence-corrected chi connectivity index (χ4v) is 5.46. The number of fused-ring (bicyclic) bond motifs is 4. The van der Waals surface area contributed by atoms with E-state index in [-0.39, 0.29) is 6.04 Å². The lowest BCUT2D eigenvalue weighted by Crippen LogP contribution is -2.43. The van der Waals surface area contributed by atoms with E-state index in [0.717, 1.165) is 61.4 Å². The standard InChI is InChI=1S/C26H27N7/c1-17-15-32(23-7-5-19(14-27)26-20(23)4-3-9-29-26)16-24-21-6-8-22(31-12-10-28-11-13-31)18(2)25(21)30-33(17)24/h3-9,17,28H,10-13,15-16H2,1-2H3/t17-/m1/s1. The monoisotopic (exact) mass is 437 g/mol. The quantitative estimate of drug-likeness (QED) is 0.515. The van der Waals surface area contributed by atoms with Gasteiger partial charge in [-0.15, -0.1) is 0 Å². The zero-order valence-electron chi connectivity index (χ0n) is 19.0. The van der Waals surface area contributed by atoms with Crippen molar-refractivity contribution in [1.29, 1.82) is 5.26 Å². The summed E-state index contributed by atoms with van der Waals surface area (Å²) in [5, 5.41) is 20.3. The Bertz CT molecular complexity index is 1410. The van der Waals surface area contributed by atoms with Crippen LogP contribution in [0, 0.1) is 18.3 Å². The molecule has 0 bridgehead atoms. The number of piperazine rings is 1. The molecule has 0 unspecified atom stereocenters. The first-order valence-corrected chi connectivity index (χ1v) is 11.6. The van der Waals surface area contributed by atoms with Crippen molar-refractivity contribution in [2.75, 3.05) is 42.5 Å². The van der Waals surface area contributed by atoms with Gasteiger partial charge in [0.1, 0.15) is 6.07 Å². The summed E-state index contributed by atoms with van der Waals surface area (Å²) in [4.78, 5) is 9.38. The van der Waals surface area contributed by atoms with Crippen LogP contribution in [0.2, 0.25) is 0 Å². The minimum Gasteiger partial charge on any atom is -0.369 e. The second kappa shape index (κ2) is 7.75. The second-order valence-electron chi connectivity index (χ2n) is 9.11. The van der Waals surface area contributed by atoms with E-state index in [1.807, 2.05) is 12.1 Å². The third-order valence-electron chi connectivity index (χ3n) is 7.11. The highest BCUT2D eigenvalue weighted by Gasteiger charge is 2.28. The summed E-state index contributed by atoms with van der Waals surface area (Å²) in [5.74, 6) is 0. The Hall–Kier alpha value is -3.63. The fraction of sp³-hybridized carbons (Fsp3) is 0.346. The van der Waals surface area contributed by atoms with E-state index in [1.165, 1.54) is 22.3 Å². The van der Waals surface area contributed by atoms with Crippen molar-refractivity contribution < 1.29 is 0 Å². The van der Waals surface area contributed by atoms with Gasteiger partial charge in [-0.2, -0.15) is 10.4 Å². The zero-order valence-corrected chi connectivity index (χ0v) is 19.0. The van der Waals surface area contributed by atoms with Crippen molar-refractivity contribution in [3.05, 3.63) is 59.4 Å². The molecule has 2 aliphatic rings. The molecule has 166 valence electrons. The van der Waals surface area contributed by atoms with Gasteiger partial charge in [0.05, 0.1) is 34.9 Å². The molecule has 2 aromatic heterocycles. The van der Waals surface area contributed by atoms with Gasteiger partial charge < -0.3 is 15.1 Å². The highest BCUT2D eigenvalue weighted by atomic mass is 15.4. The second-order valence-corrected chi connectivity index (χ2v) is 9.11. The molecule has 33 heavy (non-hydrogen) atoms. The maximum absolute atomic E-state index is 9.52. The predicted molar refractivity (Wildman–Crippen MR) is 132 cm³/mol. The van der Waals surface area contributed by atoms with Crippen molar-refractivity contribution in [2.24, 2.45) is 0 Å². The van der Waals surface area contributed by atoms with Crippen molar-refractivity contribution in [3.63, 3.8) is 0 Å². The average molecular weight is 438 g/mol. The number of anilines is 2. The van der Waals surface area contributed by atoms with Crippen LogP contribution in [-0.2, 0) is 6.54 Å². The van der Waals surface area contributed by atoms with Gasteiger partial charge in [-0.1, -0.05) is 0 Å². The maximum atomic E-state index is 9.52. The molecule has 0 radical (unpaired) electrons. The number of nitriles is 1. The Morgan fingerprint density at radius 1 is 1.00 bits per heavy atom. The molecule has 7 heteroatoms. The lowest BCUT2D eigenvalue weighted by molar-refractivity contribution is 0.430. The molecule has 1 saturated heterocycles. The molecule has 1 fully saturated rings. The van der Waals surface area contributed by atoms with Crippen molar-refractivity contribution in [2.45, 2.75) is 26.4 Å². The van der Waals surface area contributed by atoms with Gasteiger partial charge >= 0.3 is 0 Å². The molecule has 1 N–H and O–H groups in total. The van der Waals surface area contributed by atoms with E-state index in [4.69, 9.17) is 5.10 Å². The summed E-state index contributed by atoms with van der Waals surface area (Å²) >= 11 is 0. The van der Waals surface area contributed by atoms with Crippen LogP contribution in [0.15, 0.2) is 42.6 Å². The summed E-state index contributed by atoms with van der Waals surface area (Å²) in [6, 6.07) is 15.0. The molecule has 0 spiro atoms. The zero-order chi connectivity index (χ0) is 22.5. The van der Waals surface area contributed by atoms with Crippen LogP contribution in [-0.4, -0.2) is 47.5 Å². The molecule has 4 aromatic rings. The predicted octanol–water partition coefficient (Wildman–Crippen LogP) is 3.76. The van der Waals surface area contributed by atoms with Gasteiger partial charge in [-0.25, -0.2) is 0 Å². The number of aromatic nitrogens is 3. The number of nitrogens with one attached hydrogen (secondary N) is 1. The van der Waals surface area contributed by atoms with Crippen LogP contribution in [0.5, 0.6) is 0 Å². The third-order valence-corrected chi connectivity index (χ3v) is 7.11. The normalized spacial score (nSPS) is 18.5. The van der Waals surface area contributed by atoms with Crippen LogP contribution in [0.3, 0.4) is 0 Å². The summed E-state index contributed by atoms with van der Waals surface area (Å²) in [7, 11) is 0. The van der Waals surface area contributed by atoms with E-state index in [0.29, 0.717) is 5.56 Å². The van der Waals surface area contributed by atoms with Crippen LogP contribution < -0.4 is 15.1 Å². The third kappa shape index (κ3) is 3.13. The van der Waals surface area contributed by atoms with Gasteiger partial charge in [0.25, 0.3) is 0 Å². The van der Waals surface area contributed by atoms with E-state index in [9.17, 15) is 5.26 Å². The highest BCUT2D eigenvalue weighted by Crippen LogP contribution is 2.37. The first-order chi connectivity index (χ1) is 16.2. The van der Waals surface area contributed by atoms with Gasteiger partial charge in [0.15, 0.2) is 0 Å². The first kappa shape index (κ1) is 20.0. The Morgan fingerprint density at radius 3 is 2.64 bits per heavy atom.